The summed E-state index contributed by atoms with van der Waals surface area (Å²) < 4.78 is 0. The van der Waals surface area contributed by atoms with Gasteiger partial charge in [0.25, 0.3) is 0 Å². The molecule has 1 heteroatoms. The molecule has 0 atom stereocenters. The zero-order valence-corrected chi connectivity index (χ0v) is 29.0. The fourth-order valence-corrected chi connectivity index (χ4v) is 6.82. The summed E-state index contributed by atoms with van der Waals surface area (Å²) in [6, 6.07) is 37.2. The van der Waals surface area contributed by atoms with Crippen LogP contribution in [0.1, 0.15) is 52.6 Å². The molecule has 0 amide bonds. The molecule has 0 spiro atoms. The zero-order chi connectivity index (χ0) is 26.0. The maximum Gasteiger partial charge on any atom is 4.00 e. The first-order valence-corrected chi connectivity index (χ1v) is 14.0. The molecular weight excluding hydrogens is 659 g/mol. The quantitative estimate of drug-likeness (QED) is 0.127. The summed E-state index contributed by atoms with van der Waals surface area (Å²) in [6.45, 7) is 8.84. The maximum atomic E-state index is 2.51. The summed E-state index contributed by atoms with van der Waals surface area (Å²) in [5, 5.41) is 5.48. The van der Waals surface area contributed by atoms with Gasteiger partial charge in [-0.05, 0) is 68.2 Å². The Bertz CT molecular complexity index is 1710. The van der Waals surface area contributed by atoms with Crippen molar-refractivity contribution in [3.63, 3.8) is 0 Å². The van der Waals surface area contributed by atoms with E-state index in [0.717, 1.165) is 0 Å². The molecule has 7 rings (SSSR count). The van der Waals surface area contributed by atoms with Crippen LogP contribution in [0.25, 0.3) is 43.8 Å². The van der Waals surface area contributed by atoms with Crippen molar-refractivity contribution in [1.29, 1.82) is 0 Å². The Labute approximate surface area is 266 Å². The summed E-state index contributed by atoms with van der Waals surface area (Å²) in [4.78, 5) is 0. The molecule has 204 valence electrons. The van der Waals surface area contributed by atoms with E-state index in [0.29, 0.717) is 0 Å². The van der Waals surface area contributed by atoms with Crippen LogP contribution in [0.3, 0.4) is 0 Å². The monoisotopic (exact) mass is 700 g/mol. The summed E-state index contributed by atoms with van der Waals surface area (Å²) >= 11 is 0. The van der Waals surface area contributed by atoms with Crippen LogP contribution in [-0.4, -0.2) is 0 Å². The van der Waals surface area contributed by atoms with Crippen LogP contribution in [0.5, 0.6) is 0 Å². The molecule has 1 fully saturated rings. The molecule has 1 aliphatic carbocycles. The van der Waals surface area contributed by atoms with Crippen LogP contribution >= 0.6 is 0 Å². The second-order valence-electron chi connectivity index (χ2n) is 11.7. The van der Waals surface area contributed by atoms with E-state index in [1.165, 1.54) is 96.4 Å². The Morgan fingerprint density at radius 2 is 0.976 bits per heavy atom. The number of benzene rings is 4. The molecule has 0 unspecified atom stereocenters. The first-order valence-electron chi connectivity index (χ1n) is 14.0. The molecule has 41 heavy (non-hydrogen) atoms. The third-order valence-electron chi connectivity index (χ3n) is 9.18. The van der Waals surface area contributed by atoms with Gasteiger partial charge in [0.2, 0.25) is 0 Å². The van der Waals surface area contributed by atoms with E-state index in [2.05, 4.69) is 125 Å². The van der Waals surface area contributed by atoms with Gasteiger partial charge in [-0.3, -0.25) is 0 Å². The van der Waals surface area contributed by atoms with Crippen molar-refractivity contribution in [3.05, 3.63) is 145 Å². The number of rotatable bonds is 4. The van der Waals surface area contributed by atoms with Crippen LogP contribution in [0, 0.1) is 42.5 Å². The third-order valence-corrected chi connectivity index (χ3v) is 9.18. The number of aryl methyl sites for hydroxylation is 4. The van der Waals surface area contributed by atoms with E-state index in [1.54, 1.807) is 0 Å². The van der Waals surface area contributed by atoms with E-state index in [1.807, 2.05) is 0 Å². The average Bonchev–Trinajstić information content (AvgIpc) is 3.51. The van der Waals surface area contributed by atoms with Gasteiger partial charge in [-0.2, -0.15) is 12.1 Å². The smallest absolute Gasteiger partial charge is 0.358 e. The van der Waals surface area contributed by atoms with Gasteiger partial charge in [-0.1, -0.05) is 77.2 Å². The van der Waals surface area contributed by atoms with Gasteiger partial charge >= 0.3 is 25.8 Å². The van der Waals surface area contributed by atoms with Crippen molar-refractivity contribution in [2.24, 2.45) is 0 Å². The van der Waals surface area contributed by atoms with Crippen LogP contribution in [0.4, 0.5) is 0 Å². The summed E-state index contributed by atoms with van der Waals surface area (Å²) in [6.07, 6.45) is 3.73. The molecule has 1 aliphatic rings. The molecule has 6 aromatic rings. The normalized spacial score (nSPS) is 13.7. The molecular formula is C40H40Hf. The van der Waals surface area contributed by atoms with Crippen molar-refractivity contribution in [2.75, 3.05) is 0 Å². The van der Waals surface area contributed by atoms with Gasteiger partial charge in [-0.25, -0.2) is 0 Å². The average molecular weight is 699 g/mol. The Morgan fingerprint density at radius 1 is 0.537 bits per heavy atom. The number of hydrogen-bond donors (Lipinski definition) is 0. The molecule has 0 heterocycles. The second-order valence-corrected chi connectivity index (χ2v) is 11.7. The summed E-state index contributed by atoms with van der Waals surface area (Å²) in [5.41, 5.74) is 13.8. The topological polar surface area (TPSA) is 0 Å². The third kappa shape index (κ3) is 5.01. The minimum atomic E-state index is 0. The van der Waals surface area contributed by atoms with Crippen LogP contribution < -0.4 is 0 Å². The van der Waals surface area contributed by atoms with Crippen LogP contribution in [0.2, 0.25) is 0 Å². The molecule has 0 nitrogen and oxygen atoms in total. The molecule has 0 bridgehead atoms. The molecule has 0 N–H and O–H groups in total. The summed E-state index contributed by atoms with van der Waals surface area (Å²) in [7, 11) is 0. The van der Waals surface area contributed by atoms with E-state index in [9.17, 15) is 0 Å². The Kier molecular flexibility index (Phi) is 8.81. The minimum Gasteiger partial charge on any atom is -0.358 e. The van der Waals surface area contributed by atoms with Crippen molar-refractivity contribution in [3.8, 4) is 22.3 Å². The van der Waals surface area contributed by atoms with E-state index in [-0.39, 0.29) is 46.1 Å². The predicted octanol–water partition coefficient (Wildman–Crippen LogP) is 11.4. The van der Waals surface area contributed by atoms with Crippen molar-refractivity contribution in [2.45, 2.75) is 52.4 Å². The molecule has 0 aliphatic heterocycles. The molecule has 0 saturated heterocycles. The van der Waals surface area contributed by atoms with Crippen molar-refractivity contribution in [1.82, 2.24) is 0 Å². The van der Waals surface area contributed by atoms with Crippen LogP contribution in [-0.2, 0) is 31.3 Å². The number of fused-ring (bicyclic) bond motifs is 2. The molecule has 6 aromatic carbocycles. The second kappa shape index (κ2) is 11.7. The van der Waals surface area contributed by atoms with Gasteiger partial charge < -0.3 is 14.9 Å². The van der Waals surface area contributed by atoms with E-state index < -0.39 is 0 Å². The Hall–Kier alpha value is -3.03. The summed E-state index contributed by atoms with van der Waals surface area (Å²) in [5.74, 6) is 0. The van der Waals surface area contributed by atoms with Gasteiger partial charge in [0.15, 0.2) is 0 Å². The van der Waals surface area contributed by atoms with Crippen LogP contribution in [0.15, 0.2) is 97.1 Å². The zero-order valence-electron chi connectivity index (χ0n) is 25.4. The fraction of sp³-hybridized carbons (Fsp3) is 0.200. The standard InChI is InChI=1S/C38H34.2CH3.Hf/c1-24-12-14-26(3)34(18-24)32-10-5-8-28-20-30(22-36(28)32)38(16-7-17-38)31-21-29-9-6-11-33(37(29)23-31)35-19-25(2)13-15-27(35)4;;;/h5-6,8-15,18-23H,7,16-17H2,1-4H3;2*1H3;/q-2;2*-1;+4. The molecule has 1 saturated carbocycles. The van der Waals surface area contributed by atoms with Crippen molar-refractivity contribution >= 4 is 21.5 Å². The van der Waals surface area contributed by atoms with Gasteiger partial charge in [0, 0.05) is 0 Å². The maximum absolute atomic E-state index is 2.51. The largest absolute Gasteiger partial charge is 4.00 e. The van der Waals surface area contributed by atoms with Gasteiger partial charge in [-0.15, -0.1) is 69.1 Å². The minimum absolute atomic E-state index is 0. The first kappa shape index (κ1) is 30.9. The van der Waals surface area contributed by atoms with E-state index >= 15 is 0 Å². The Morgan fingerprint density at radius 3 is 1.37 bits per heavy atom. The molecule has 0 aromatic heterocycles. The SMILES string of the molecule is Cc1ccc(C)c(-c2cccc3[cH-]c(C4(c5cc6c(-c7cc(C)ccc7C)cccc6[cH-]5)CCC4)cc23)c1.[CH3-].[CH3-].[Hf+4]. The first-order chi connectivity index (χ1) is 18.4. The number of hydrogen-bond acceptors (Lipinski definition) is 0. The molecule has 0 radical (unpaired) electrons. The van der Waals surface area contributed by atoms with Crippen molar-refractivity contribution < 1.29 is 25.8 Å². The van der Waals surface area contributed by atoms with Gasteiger partial charge in [0.1, 0.15) is 0 Å². The Balaban J connectivity index is 0.00000129. The van der Waals surface area contributed by atoms with E-state index in [4.69, 9.17) is 0 Å². The fourth-order valence-electron chi connectivity index (χ4n) is 6.82. The predicted molar refractivity (Wildman–Crippen MR) is 176 cm³/mol. The van der Waals surface area contributed by atoms with Gasteiger partial charge in [0.05, 0.1) is 0 Å².